The third kappa shape index (κ3) is 4.56. The molecule has 0 saturated carbocycles. The van der Waals surface area contributed by atoms with Gasteiger partial charge in [-0.2, -0.15) is 0 Å². The summed E-state index contributed by atoms with van der Waals surface area (Å²) in [7, 11) is 0. The van der Waals surface area contributed by atoms with E-state index in [1.165, 1.54) is 24.3 Å². The molecule has 0 fully saturated rings. The van der Waals surface area contributed by atoms with Crippen LogP contribution in [-0.4, -0.2) is 12.5 Å². The highest BCUT2D eigenvalue weighted by Crippen LogP contribution is 2.26. The smallest absolute Gasteiger partial charge is 0.255 e. The SMILES string of the molecule is CCCCOc1ccc(C(=O)Nc2ccc(F)cc2)cc1Br. The summed E-state index contributed by atoms with van der Waals surface area (Å²) in [6.07, 6.45) is 2.05. The topological polar surface area (TPSA) is 38.3 Å². The highest BCUT2D eigenvalue weighted by atomic mass is 79.9. The molecule has 0 unspecified atom stereocenters. The summed E-state index contributed by atoms with van der Waals surface area (Å²) in [6.45, 7) is 2.75. The van der Waals surface area contributed by atoms with E-state index in [0.29, 0.717) is 23.6 Å². The predicted molar refractivity (Wildman–Crippen MR) is 88.9 cm³/mol. The van der Waals surface area contributed by atoms with E-state index in [1.54, 1.807) is 18.2 Å². The molecule has 1 N–H and O–H groups in total. The fraction of sp³-hybridized carbons (Fsp3) is 0.235. The Balaban J connectivity index is 2.03. The minimum atomic E-state index is -0.339. The Morgan fingerprint density at radius 1 is 1.23 bits per heavy atom. The van der Waals surface area contributed by atoms with E-state index in [1.807, 2.05) is 0 Å². The van der Waals surface area contributed by atoms with Gasteiger partial charge in [-0.25, -0.2) is 4.39 Å². The number of amides is 1. The summed E-state index contributed by atoms with van der Waals surface area (Å²) in [4.78, 5) is 12.2. The maximum Gasteiger partial charge on any atom is 0.255 e. The zero-order chi connectivity index (χ0) is 15.9. The first-order valence-electron chi connectivity index (χ1n) is 7.09. The fourth-order valence-corrected chi connectivity index (χ4v) is 2.32. The largest absolute Gasteiger partial charge is 0.492 e. The lowest BCUT2D eigenvalue weighted by molar-refractivity contribution is 0.102. The van der Waals surface area contributed by atoms with Crippen molar-refractivity contribution in [3.63, 3.8) is 0 Å². The average molecular weight is 366 g/mol. The molecule has 2 aromatic rings. The molecule has 2 rings (SSSR count). The minimum Gasteiger partial charge on any atom is -0.492 e. The first-order valence-corrected chi connectivity index (χ1v) is 7.88. The van der Waals surface area contributed by atoms with Gasteiger partial charge in [0.15, 0.2) is 0 Å². The normalized spacial score (nSPS) is 10.3. The lowest BCUT2D eigenvalue weighted by Gasteiger charge is -2.10. The highest BCUT2D eigenvalue weighted by Gasteiger charge is 2.09. The number of benzene rings is 2. The molecule has 0 aliphatic heterocycles. The Morgan fingerprint density at radius 3 is 2.59 bits per heavy atom. The third-order valence-electron chi connectivity index (χ3n) is 3.05. The Morgan fingerprint density at radius 2 is 1.95 bits per heavy atom. The molecule has 22 heavy (non-hydrogen) atoms. The summed E-state index contributed by atoms with van der Waals surface area (Å²) in [5.41, 5.74) is 1.05. The minimum absolute atomic E-state index is 0.257. The highest BCUT2D eigenvalue weighted by molar-refractivity contribution is 9.10. The monoisotopic (exact) mass is 365 g/mol. The number of hydrogen-bond donors (Lipinski definition) is 1. The molecular weight excluding hydrogens is 349 g/mol. The van der Waals surface area contributed by atoms with Crippen LogP contribution in [0.25, 0.3) is 0 Å². The van der Waals surface area contributed by atoms with Crippen LogP contribution in [0.5, 0.6) is 5.75 Å². The van der Waals surface area contributed by atoms with Gasteiger partial charge in [-0.1, -0.05) is 13.3 Å². The summed E-state index contributed by atoms with van der Waals surface area (Å²) in [6, 6.07) is 10.8. The van der Waals surface area contributed by atoms with Gasteiger partial charge < -0.3 is 10.1 Å². The van der Waals surface area contributed by atoms with Crippen LogP contribution in [-0.2, 0) is 0 Å². The Labute approximate surface area is 137 Å². The van der Waals surface area contributed by atoms with Crippen molar-refractivity contribution >= 4 is 27.5 Å². The van der Waals surface area contributed by atoms with Crippen molar-refractivity contribution < 1.29 is 13.9 Å². The summed E-state index contributed by atoms with van der Waals surface area (Å²) >= 11 is 3.41. The van der Waals surface area contributed by atoms with Crippen LogP contribution >= 0.6 is 15.9 Å². The van der Waals surface area contributed by atoms with Gasteiger partial charge in [0.2, 0.25) is 0 Å². The van der Waals surface area contributed by atoms with E-state index in [9.17, 15) is 9.18 Å². The van der Waals surface area contributed by atoms with Crippen LogP contribution in [0.15, 0.2) is 46.9 Å². The number of carbonyl (C=O) groups excluding carboxylic acids is 1. The van der Waals surface area contributed by atoms with Gasteiger partial charge in [-0.05, 0) is 64.8 Å². The lowest BCUT2D eigenvalue weighted by Crippen LogP contribution is -2.12. The standard InChI is InChI=1S/C17H17BrFNO2/c1-2-3-10-22-16-9-4-12(11-15(16)18)17(21)20-14-7-5-13(19)6-8-14/h4-9,11H,2-3,10H2,1H3,(H,20,21). The second-order valence-corrected chi connectivity index (χ2v) is 5.66. The first kappa shape index (κ1) is 16.5. The lowest BCUT2D eigenvalue weighted by atomic mass is 10.2. The number of nitrogens with one attached hydrogen (secondary N) is 1. The van der Waals surface area contributed by atoms with Gasteiger partial charge >= 0.3 is 0 Å². The van der Waals surface area contributed by atoms with Crippen LogP contribution in [0.4, 0.5) is 10.1 Å². The Kier molecular flexibility index (Phi) is 5.95. The van der Waals surface area contributed by atoms with Crippen LogP contribution in [0.1, 0.15) is 30.1 Å². The molecular formula is C17H17BrFNO2. The molecule has 0 radical (unpaired) electrons. The van der Waals surface area contributed by atoms with E-state index < -0.39 is 0 Å². The number of halogens is 2. The molecule has 116 valence electrons. The average Bonchev–Trinajstić information content (AvgIpc) is 2.51. The second kappa shape index (κ2) is 7.94. The van der Waals surface area contributed by atoms with Gasteiger partial charge in [0.1, 0.15) is 11.6 Å². The van der Waals surface area contributed by atoms with Crippen LogP contribution in [0.3, 0.4) is 0 Å². The molecule has 0 atom stereocenters. The van der Waals surface area contributed by atoms with Crippen LogP contribution in [0, 0.1) is 5.82 Å². The zero-order valence-electron chi connectivity index (χ0n) is 12.2. The van der Waals surface area contributed by atoms with Gasteiger partial charge in [-0.3, -0.25) is 4.79 Å². The summed E-state index contributed by atoms with van der Waals surface area (Å²) in [5.74, 6) is 0.119. The van der Waals surface area contributed by atoms with Crippen molar-refractivity contribution in [3.8, 4) is 5.75 Å². The van der Waals surface area contributed by atoms with Crippen LogP contribution in [0.2, 0.25) is 0 Å². The van der Waals surface area contributed by atoms with Crippen molar-refractivity contribution in [1.29, 1.82) is 0 Å². The number of hydrogen-bond acceptors (Lipinski definition) is 2. The maximum atomic E-state index is 12.8. The molecule has 0 bridgehead atoms. The van der Waals surface area contributed by atoms with Crippen molar-refractivity contribution in [3.05, 3.63) is 58.3 Å². The van der Waals surface area contributed by atoms with E-state index in [4.69, 9.17) is 4.74 Å². The van der Waals surface area contributed by atoms with E-state index in [2.05, 4.69) is 28.2 Å². The molecule has 1 amide bonds. The van der Waals surface area contributed by atoms with E-state index in [-0.39, 0.29) is 11.7 Å². The number of rotatable bonds is 6. The Hall–Kier alpha value is -1.88. The molecule has 0 aromatic heterocycles. The molecule has 0 aliphatic carbocycles. The number of carbonyl (C=O) groups is 1. The quantitative estimate of drug-likeness (QED) is 0.729. The maximum absolute atomic E-state index is 12.8. The number of anilines is 1. The van der Waals surface area contributed by atoms with Crippen molar-refractivity contribution in [2.45, 2.75) is 19.8 Å². The van der Waals surface area contributed by atoms with Gasteiger partial charge in [0, 0.05) is 11.3 Å². The van der Waals surface area contributed by atoms with Crippen molar-refractivity contribution in [2.24, 2.45) is 0 Å². The second-order valence-electron chi connectivity index (χ2n) is 4.81. The van der Waals surface area contributed by atoms with Crippen LogP contribution < -0.4 is 10.1 Å². The molecule has 5 heteroatoms. The zero-order valence-corrected chi connectivity index (χ0v) is 13.8. The first-order chi connectivity index (χ1) is 10.6. The molecule has 2 aromatic carbocycles. The molecule has 0 spiro atoms. The van der Waals surface area contributed by atoms with Crippen molar-refractivity contribution in [1.82, 2.24) is 0 Å². The van der Waals surface area contributed by atoms with Crippen molar-refractivity contribution in [2.75, 3.05) is 11.9 Å². The summed E-state index contributed by atoms with van der Waals surface area (Å²) in [5, 5.41) is 2.72. The predicted octanol–water partition coefficient (Wildman–Crippen LogP) is 5.02. The van der Waals surface area contributed by atoms with Gasteiger partial charge in [-0.15, -0.1) is 0 Å². The fourth-order valence-electron chi connectivity index (χ4n) is 1.82. The Bertz CT molecular complexity index is 644. The molecule has 0 heterocycles. The van der Waals surface area contributed by atoms with Gasteiger partial charge in [0.05, 0.1) is 11.1 Å². The third-order valence-corrected chi connectivity index (χ3v) is 3.67. The molecule has 0 aliphatic rings. The number of unbranched alkanes of at least 4 members (excludes halogenated alkanes) is 1. The molecule has 3 nitrogen and oxygen atoms in total. The van der Waals surface area contributed by atoms with E-state index >= 15 is 0 Å². The summed E-state index contributed by atoms with van der Waals surface area (Å²) < 4.78 is 19.2. The van der Waals surface area contributed by atoms with Gasteiger partial charge in [0.25, 0.3) is 5.91 Å². The molecule has 0 saturated heterocycles. The van der Waals surface area contributed by atoms with E-state index in [0.717, 1.165) is 17.3 Å². The number of ether oxygens (including phenoxy) is 1.